The lowest BCUT2D eigenvalue weighted by Gasteiger charge is -2.18. The molecule has 0 atom stereocenters. The van der Waals surface area contributed by atoms with Gasteiger partial charge in [0.1, 0.15) is 5.69 Å². The maximum absolute atomic E-state index is 12.5. The Bertz CT molecular complexity index is 801. The maximum Gasteiger partial charge on any atom is 0.270 e. The molecule has 1 aromatic heterocycles. The minimum absolute atomic E-state index is 0.133. The molecule has 1 aromatic carbocycles. The summed E-state index contributed by atoms with van der Waals surface area (Å²) in [4.78, 5) is 23.5. The fourth-order valence-electron chi connectivity index (χ4n) is 3.33. The number of aromatic nitrogens is 2. The van der Waals surface area contributed by atoms with E-state index in [0.29, 0.717) is 24.7 Å². The smallest absolute Gasteiger partial charge is 0.270 e. The fourth-order valence-corrected chi connectivity index (χ4v) is 3.33. The molecule has 1 aliphatic carbocycles. The molecule has 1 amide bonds. The highest BCUT2D eigenvalue weighted by Gasteiger charge is 2.13. The summed E-state index contributed by atoms with van der Waals surface area (Å²) in [6.45, 7) is 3.24. The topological polar surface area (TPSA) is 58.1 Å². The summed E-state index contributed by atoms with van der Waals surface area (Å²) in [7, 11) is 1.94. The Balaban J connectivity index is 1.61. The van der Waals surface area contributed by atoms with Crippen LogP contribution >= 0.6 is 0 Å². The van der Waals surface area contributed by atoms with Crippen molar-refractivity contribution in [2.75, 3.05) is 18.5 Å². The highest BCUT2D eigenvalue weighted by atomic mass is 16.1. The summed E-state index contributed by atoms with van der Waals surface area (Å²) in [6.07, 6.45) is 8.14. The number of nitrogens with one attached hydrogen (secondary N) is 1. The van der Waals surface area contributed by atoms with E-state index >= 15 is 0 Å². The van der Waals surface area contributed by atoms with E-state index in [2.05, 4.69) is 33.5 Å². The first-order chi connectivity index (χ1) is 13.1. The lowest BCUT2D eigenvalue weighted by atomic mass is 9.97. The second kappa shape index (κ2) is 9.31. The van der Waals surface area contributed by atoms with Crippen molar-refractivity contribution in [1.82, 2.24) is 15.3 Å². The Hall–Kier alpha value is -2.69. The van der Waals surface area contributed by atoms with E-state index in [1.54, 1.807) is 6.07 Å². The highest BCUT2D eigenvalue weighted by molar-refractivity contribution is 5.92. The molecule has 5 heteroatoms. The average molecular weight is 364 g/mol. The molecular weight excluding hydrogens is 336 g/mol. The van der Waals surface area contributed by atoms with E-state index in [1.165, 1.54) is 30.4 Å². The summed E-state index contributed by atoms with van der Waals surface area (Å²) in [5.41, 5.74) is 3.86. The second-order valence-electron chi connectivity index (χ2n) is 7.15. The van der Waals surface area contributed by atoms with E-state index in [4.69, 9.17) is 0 Å². The molecule has 1 N–H and O–H groups in total. The molecule has 0 bridgehead atoms. The minimum Gasteiger partial charge on any atom is -0.350 e. The monoisotopic (exact) mass is 364 g/mol. The molecule has 27 heavy (non-hydrogen) atoms. The van der Waals surface area contributed by atoms with Gasteiger partial charge in [-0.15, -0.1) is 0 Å². The zero-order valence-corrected chi connectivity index (χ0v) is 16.2. The molecule has 142 valence electrons. The third-order valence-electron chi connectivity index (χ3n) is 4.80. The van der Waals surface area contributed by atoms with Crippen molar-refractivity contribution in [3.05, 3.63) is 65.0 Å². The van der Waals surface area contributed by atoms with Crippen LogP contribution < -0.4 is 10.2 Å². The van der Waals surface area contributed by atoms with Crippen molar-refractivity contribution in [3.8, 4) is 0 Å². The number of carbonyl (C=O) groups excluding carboxylic acids is 1. The maximum atomic E-state index is 12.5. The molecule has 2 aromatic rings. The molecule has 0 radical (unpaired) electrons. The Morgan fingerprint density at radius 2 is 2.00 bits per heavy atom. The van der Waals surface area contributed by atoms with Crippen LogP contribution in [0, 0.1) is 6.92 Å². The summed E-state index contributed by atoms with van der Waals surface area (Å²) in [6, 6.07) is 11.9. The normalized spacial score (nSPS) is 13.8. The van der Waals surface area contributed by atoms with Crippen LogP contribution in [0.25, 0.3) is 0 Å². The standard InChI is InChI=1S/C22H28N4O/c1-17-15-20(21(27)23-14-13-18-9-5-3-6-10-18)25-22(24-17)26(2)16-19-11-7-4-8-12-19/h4,7-9,11-12,15H,3,5-6,10,13-14,16H2,1-2H3,(H,23,27). The van der Waals surface area contributed by atoms with E-state index in [-0.39, 0.29) is 5.91 Å². The summed E-state index contributed by atoms with van der Waals surface area (Å²) in [5, 5.41) is 3.00. The predicted molar refractivity (Wildman–Crippen MR) is 109 cm³/mol. The molecule has 0 spiro atoms. The van der Waals surface area contributed by atoms with Crippen molar-refractivity contribution in [2.24, 2.45) is 0 Å². The molecule has 0 saturated carbocycles. The van der Waals surface area contributed by atoms with Gasteiger partial charge < -0.3 is 10.2 Å². The van der Waals surface area contributed by atoms with E-state index in [9.17, 15) is 4.79 Å². The van der Waals surface area contributed by atoms with E-state index in [0.717, 1.165) is 18.5 Å². The van der Waals surface area contributed by atoms with Gasteiger partial charge in [-0.1, -0.05) is 42.0 Å². The van der Waals surface area contributed by atoms with Crippen molar-refractivity contribution in [3.63, 3.8) is 0 Å². The molecular formula is C22H28N4O. The first kappa shape index (κ1) is 19.1. The predicted octanol–water partition coefficient (Wildman–Crippen LogP) is 4.04. The van der Waals surface area contributed by atoms with Crippen LogP contribution in [0.5, 0.6) is 0 Å². The van der Waals surface area contributed by atoms with Gasteiger partial charge in [0.25, 0.3) is 5.91 Å². The van der Waals surface area contributed by atoms with Gasteiger partial charge in [-0.3, -0.25) is 4.79 Å². The van der Waals surface area contributed by atoms with Crippen molar-refractivity contribution in [2.45, 2.75) is 45.6 Å². The van der Waals surface area contributed by atoms with Crippen LogP contribution in [-0.2, 0) is 6.54 Å². The molecule has 3 rings (SSSR count). The van der Waals surface area contributed by atoms with Gasteiger partial charge in [0.15, 0.2) is 0 Å². The molecule has 1 heterocycles. The van der Waals surface area contributed by atoms with Crippen molar-refractivity contribution >= 4 is 11.9 Å². The number of rotatable bonds is 7. The molecule has 0 fully saturated rings. The van der Waals surface area contributed by atoms with Gasteiger partial charge in [-0.05, 0) is 50.7 Å². The Labute approximate surface area is 161 Å². The lowest BCUT2D eigenvalue weighted by molar-refractivity contribution is 0.0949. The minimum atomic E-state index is -0.133. The molecule has 1 aliphatic rings. The van der Waals surface area contributed by atoms with Gasteiger partial charge in [0.2, 0.25) is 5.95 Å². The zero-order valence-electron chi connectivity index (χ0n) is 16.2. The molecule has 5 nitrogen and oxygen atoms in total. The summed E-state index contributed by atoms with van der Waals surface area (Å²) in [5.74, 6) is 0.435. The number of carbonyl (C=O) groups is 1. The van der Waals surface area contributed by atoms with Crippen LogP contribution in [0.3, 0.4) is 0 Å². The highest BCUT2D eigenvalue weighted by Crippen LogP contribution is 2.19. The van der Waals surface area contributed by atoms with Crippen LogP contribution in [0.2, 0.25) is 0 Å². The SMILES string of the molecule is Cc1cc(C(=O)NCCC2=CCCCC2)nc(N(C)Cc2ccccc2)n1. The van der Waals surface area contributed by atoms with Crippen LogP contribution in [0.4, 0.5) is 5.95 Å². The van der Waals surface area contributed by atoms with Gasteiger partial charge in [-0.2, -0.15) is 0 Å². The third kappa shape index (κ3) is 5.64. The van der Waals surface area contributed by atoms with Gasteiger partial charge in [-0.25, -0.2) is 9.97 Å². The quantitative estimate of drug-likeness (QED) is 0.753. The van der Waals surface area contributed by atoms with Gasteiger partial charge in [0.05, 0.1) is 0 Å². The molecule has 0 saturated heterocycles. The Morgan fingerprint density at radius 1 is 1.19 bits per heavy atom. The number of amides is 1. The first-order valence-corrected chi connectivity index (χ1v) is 9.68. The average Bonchev–Trinajstić information content (AvgIpc) is 2.69. The number of anilines is 1. The Morgan fingerprint density at radius 3 is 2.74 bits per heavy atom. The van der Waals surface area contributed by atoms with E-state index < -0.39 is 0 Å². The molecule has 0 unspecified atom stereocenters. The van der Waals surface area contributed by atoms with Crippen LogP contribution in [-0.4, -0.2) is 29.5 Å². The van der Waals surface area contributed by atoms with Gasteiger partial charge in [0, 0.05) is 25.8 Å². The van der Waals surface area contributed by atoms with E-state index in [1.807, 2.05) is 37.1 Å². The number of hydrogen-bond donors (Lipinski definition) is 1. The summed E-state index contributed by atoms with van der Waals surface area (Å²) >= 11 is 0. The zero-order chi connectivity index (χ0) is 19.1. The van der Waals surface area contributed by atoms with Crippen molar-refractivity contribution in [1.29, 1.82) is 0 Å². The Kier molecular flexibility index (Phi) is 6.58. The number of nitrogens with zero attached hydrogens (tertiary/aromatic N) is 3. The summed E-state index contributed by atoms with van der Waals surface area (Å²) < 4.78 is 0. The fraction of sp³-hybridized carbons (Fsp3) is 0.409. The number of hydrogen-bond acceptors (Lipinski definition) is 4. The van der Waals surface area contributed by atoms with Crippen LogP contribution in [0.1, 0.15) is 53.8 Å². The number of aryl methyl sites for hydroxylation is 1. The molecule has 0 aliphatic heterocycles. The van der Waals surface area contributed by atoms with Crippen molar-refractivity contribution < 1.29 is 4.79 Å². The number of benzene rings is 1. The van der Waals surface area contributed by atoms with Gasteiger partial charge >= 0.3 is 0 Å². The number of allylic oxidation sites excluding steroid dienone is 1. The largest absolute Gasteiger partial charge is 0.350 e. The second-order valence-corrected chi connectivity index (χ2v) is 7.15. The lowest BCUT2D eigenvalue weighted by Crippen LogP contribution is -2.27. The van der Waals surface area contributed by atoms with Crippen LogP contribution in [0.15, 0.2) is 48.0 Å². The third-order valence-corrected chi connectivity index (χ3v) is 4.80. The first-order valence-electron chi connectivity index (χ1n) is 9.68.